The molecular weight excluding hydrogens is 314 g/mol. The van der Waals surface area contributed by atoms with Gasteiger partial charge in [0.05, 0.1) is 11.1 Å². The quantitative estimate of drug-likeness (QED) is 0.655. The molecule has 0 heterocycles. The summed E-state index contributed by atoms with van der Waals surface area (Å²) in [6.45, 7) is -2.98. The van der Waals surface area contributed by atoms with Crippen molar-refractivity contribution in [2.75, 3.05) is 0 Å². The molecule has 22 heavy (non-hydrogen) atoms. The number of halogens is 2. The Morgan fingerprint density at radius 1 is 1.05 bits per heavy atom. The predicted molar refractivity (Wildman–Crippen MR) is 77.4 cm³/mol. The molecule has 1 N–H and O–H groups in total. The summed E-state index contributed by atoms with van der Waals surface area (Å²) in [6.07, 6.45) is 1.10. The topological polar surface area (TPSA) is 67.8 Å². The molecule has 0 saturated carbocycles. The first-order valence-corrected chi connectivity index (χ1v) is 7.61. The Labute approximate surface area is 126 Å². The highest BCUT2D eigenvalue weighted by Gasteiger charge is 2.12. The Hall–Kier alpha value is -2.48. The van der Waals surface area contributed by atoms with Crippen molar-refractivity contribution < 1.29 is 21.9 Å². The molecule has 0 aromatic heterocycles. The van der Waals surface area contributed by atoms with Gasteiger partial charge in [0, 0.05) is 5.56 Å². The summed E-state index contributed by atoms with van der Waals surface area (Å²) >= 11 is 0. The Morgan fingerprint density at radius 3 is 2.36 bits per heavy atom. The summed E-state index contributed by atoms with van der Waals surface area (Å²) in [4.78, 5) is 2.05. The number of benzene rings is 2. The zero-order valence-electron chi connectivity index (χ0n) is 11.2. The van der Waals surface area contributed by atoms with Crippen LogP contribution in [0.2, 0.25) is 0 Å². The van der Waals surface area contributed by atoms with E-state index in [1.165, 1.54) is 30.3 Å². The maximum Gasteiger partial charge on any atom is 0.387 e. The summed E-state index contributed by atoms with van der Waals surface area (Å²) in [7, 11) is -3.80. The molecule has 0 unspecified atom stereocenters. The summed E-state index contributed by atoms with van der Waals surface area (Å²) in [5.41, 5.74) is 0.221. The molecule has 0 spiro atoms. The average Bonchev–Trinajstić information content (AvgIpc) is 2.49. The summed E-state index contributed by atoms with van der Waals surface area (Å²) in [5, 5.41) is 3.57. The number of para-hydroxylation sites is 1. The monoisotopic (exact) mass is 326 g/mol. The van der Waals surface area contributed by atoms with Crippen LogP contribution in [0.1, 0.15) is 5.56 Å². The van der Waals surface area contributed by atoms with E-state index in [2.05, 4.69) is 9.84 Å². The van der Waals surface area contributed by atoms with E-state index in [0.29, 0.717) is 0 Å². The van der Waals surface area contributed by atoms with Gasteiger partial charge in [-0.1, -0.05) is 30.3 Å². The fourth-order valence-electron chi connectivity index (χ4n) is 1.61. The molecule has 5 nitrogen and oxygen atoms in total. The fourth-order valence-corrected chi connectivity index (χ4v) is 2.42. The van der Waals surface area contributed by atoms with Crippen LogP contribution in [0.25, 0.3) is 0 Å². The molecule has 8 heteroatoms. The molecule has 2 aromatic rings. The largest absolute Gasteiger partial charge is 0.434 e. The minimum atomic E-state index is -3.80. The lowest BCUT2D eigenvalue weighted by Gasteiger charge is -2.07. The van der Waals surface area contributed by atoms with Crippen molar-refractivity contribution in [2.24, 2.45) is 5.10 Å². The molecule has 2 aromatic carbocycles. The lowest BCUT2D eigenvalue weighted by molar-refractivity contribution is -0.0499. The van der Waals surface area contributed by atoms with Crippen LogP contribution in [0, 0.1) is 0 Å². The molecule has 0 saturated heterocycles. The molecule has 0 aliphatic heterocycles. The zero-order chi connectivity index (χ0) is 16.0. The predicted octanol–water partition coefficient (Wildman–Crippen LogP) is 2.60. The fraction of sp³-hybridized carbons (Fsp3) is 0.0714. The van der Waals surface area contributed by atoms with E-state index in [4.69, 9.17) is 0 Å². The number of hydrogen-bond acceptors (Lipinski definition) is 4. The number of ether oxygens (including phenoxy) is 1. The Morgan fingerprint density at radius 2 is 1.68 bits per heavy atom. The van der Waals surface area contributed by atoms with Gasteiger partial charge in [0.2, 0.25) is 0 Å². The number of nitrogens with zero attached hydrogens (tertiary/aromatic N) is 1. The average molecular weight is 326 g/mol. The third-order valence-electron chi connectivity index (χ3n) is 2.57. The van der Waals surface area contributed by atoms with Crippen LogP contribution in [-0.2, 0) is 10.0 Å². The Balaban J connectivity index is 2.13. The van der Waals surface area contributed by atoms with Crippen molar-refractivity contribution in [3.63, 3.8) is 0 Å². The lowest BCUT2D eigenvalue weighted by atomic mass is 10.2. The molecule has 0 atom stereocenters. The number of hydrogen-bond donors (Lipinski definition) is 1. The number of sulfonamides is 1. The van der Waals surface area contributed by atoms with Gasteiger partial charge in [-0.15, -0.1) is 0 Å². The third kappa shape index (κ3) is 4.26. The second-order valence-electron chi connectivity index (χ2n) is 4.08. The SMILES string of the molecule is O=S(=O)(N/N=C\c1ccccc1OC(F)F)c1ccccc1. The zero-order valence-corrected chi connectivity index (χ0v) is 12.0. The van der Waals surface area contributed by atoms with Crippen LogP contribution in [0.15, 0.2) is 64.6 Å². The van der Waals surface area contributed by atoms with Gasteiger partial charge in [-0.25, -0.2) is 4.83 Å². The highest BCUT2D eigenvalue weighted by atomic mass is 32.2. The van der Waals surface area contributed by atoms with E-state index in [-0.39, 0.29) is 16.2 Å². The molecule has 116 valence electrons. The van der Waals surface area contributed by atoms with Gasteiger partial charge in [0.15, 0.2) is 0 Å². The van der Waals surface area contributed by atoms with Crippen molar-refractivity contribution in [1.29, 1.82) is 0 Å². The van der Waals surface area contributed by atoms with E-state index in [0.717, 1.165) is 6.21 Å². The van der Waals surface area contributed by atoms with Crippen molar-refractivity contribution >= 4 is 16.2 Å². The molecule has 0 aliphatic rings. The first kappa shape index (κ1) is 15.9. The van der Waals surface area contributed by atoms with Crippen LogP contribution in [0.3, 0.4) is 0 Å². The summed E-state index contributed by atoms with van der Waals surface area (Å²) in [5.74, 6) is -0.0971. The highest BCUT2D eigenvalue weighted by molar-refractivity contribution is 7.89. The van der Waals surface area contributed by atoms with Crippen LogP contribution in [0.4, 0.5) is 8.78 Å². The Bertz CT molecular complexity index is 750. The maximum absolute atomic E-state index is 12.3. The normalized spacial score (nSPS) is 11.8. The lowest BCUT2D eigenvalue weighted by Crippen LogP contribution is -2.18. The van der Waals surface area contributed by atoms with E-state index >= 15 is 0 Å². The molecular formula is C14H12F2N2O3S. The van der Waals surface area contributed by atoms with Crippen LogP contribution in [0.5, 0.6) is 5.75 Å². The van der Waals surface area contributed by atoms with Crippen LogP contribution in [-0.4, -0.2) is 21.2 Å². The van der Waals surface area contributed by atoms with Crippen LogP contribution >= 0.6 is 0 Å². The third-order valence-corrected chi connectivity index (χ3v) is 3.80. The minimum Gasteiger partial charge on any atom is -0.434 e. The smallest absolute Gasteiger partial charge is 0.387 e. The highest BCUT2D eigenvalue weighted by Crippen LogP contribution is 2.18. The maximum atomic E-state index is 12.3. The molecule has 2 rings (SSSR count). The van der Waals surface area contributed by atoms with E-state index in [1.807, 2.05) is 4.83 Å². The van der Waals surface area contributed by atoms with E-state index in [1.54, 1.807) is 24.3 Å². The van der Waals surface area contributed by atoms with Crippen molar-refractivity contribution in [2.45, 2.75) is 11.5 Å². The molecule has 0 bridgehead atoms. The number of hydrazone groups is 1. The van der Waals surface area contributed by atoms with Gasteiger partial charge in [-0.3, -0.25) is 0 Å². The standard InChI is InChI=1S/C14H12F2N2O3S/c15-14(16)21-13-9-5-4-6-11(13)10-17-18-22(19,20)12-7-2-1-3-8-12/h1-10,14,18H/b17-10-. The van der Waals surface area contributed by atoms with Crippen molar-refractivity contribution in [3.05, 3.63) is 60.2 Å². The first-order chi connectivity index (χ1) is 10.5. The summed E-state index contributed by atoms with van der Waals surface area (Å²) < 4.78 is 52.6. The number of nitrogens with one attached hydrogen (secondary N) is 1. The van der Waals surface area contributed by atoms with Gasteiger partial charge >= 0.3 is 6.61 Å². The van der Waals surface area contributed by atoms with Crippen molar-refractivity contribution in [1.82, 2.24) is 4.83 Å². The number of alkyl halides is 2. The van der Waals surface area contributed by atoms with Gasteiger partial charge in [-0.05, 0) is 24.3 Å². The molecule has 0 fully saturated rings. The number of rotatable bonds is 6. The van der Waals surface area contributed by atoms with E-state index in [9.17, 15) is 17.2 Å². The molecule has 0 radical (unpaired) electrons. The van der Waals surface area contributed by atoms with Gasteiger partial charge in [0.1, 0.15) is 5.75 Å². The minimum absolute atomic E-state index is 0.0456. The van der Waals surface area contributed by atoms with Gasteiger partial charge < -0.3 is 4.74 Å². The second kappa shape index (κ2) is 6.99. The first-order valence-electron chi connectivity index (χ1n) is 6.13. The molecule has 0 amide bonds. The van der Waals surface area contributed by atoms with E-state index < -0.39 is 16.6 Å². The van der Waals surface area contributed by atoms with Gasteiger partial charge in [0.25, 0.3) is 10.0 Å². The van der Waals surface area contributed by atoms with Crippen LogP contribution < -0.4 is 9.57 Å². The van der Waals surface area contributed by atoms with Gasteiger partial charge in [-0.2, -0.15) is 22.3 Å². The molecule has 0 aliphatic carbocycles. The van der Waals surface area contributed by atoms with Crippen molar-refractivity contribution in [3.8, 4) is 5.75 Å². The Kier molecular flexibility index (Phi) is 5.05. The summed E-state index contributed by atoms with van der Waals surface area (Å²) in [6, 6.07) is 13.6. The second-order valence-corrected chi connectivity index (χ2v) is 5.74.